The van der Waals surface area contributed by atoms with Gasteiger partial charge in [-0.2, -0.15) is 4.31 Å². The van der Waals surface area contributed by atoms with Crippen molar-refractivity contribution in [2.24, 2.45) is 0 Å². The molecule has 2 rings (SSSR count). The number of benzene rings is 2. The van der Waals surface area contributed by atoms with Crippen molar-refractivity contribution in [2.75, 3.05) is 26.5 Å². The Morgan fingerprint density at radius 3 is 2.32 bits per heavy atom. The average molecular weight is 423 g/mol. The minimum Gasteiger partial charge on any atom is -0.491 e. The summed E-state index contributed by atoms with van der Waals surface area (Å²) in [6.45, 7) is 3.83. The van der Waals surface area contributed by atoms with E-state index in [1.807, 2.05) is 44.4 Å². The summed E-state index contributed by atoms with van der Waals surface area (Å²) in [5.41, 5.74) is 1.14. The molecule has 0 aliphatic heterocycles. The van der Waals surface area contributed by atoms with Gasteiger partial charge >= 0.3 is 0 Å². The number of hydrogen-bond donors (Lipinski definition) is 1. The zero-order valence-electron chi connectivity index (χ0n) is 16.5. The monoisotopic (exact) mass is 422 g/mol. The molecule has 0 unspecified atom stereocenters. The van der Waals surface area contributed by atoms with E-state index >= 15 is 0 Å². The molecule has 2 aromatic carbocycles. The van der Waals surface area contributed by atoms with E-state index in [0.717, 1.165) is 20.5 Å². The molecule has 6 nitrogen and oxygen atoms in total. The smallest absolute Gasteiger partial charge is 0.243 e. The molecule has 0 radical (unpaired) electrons. The van der Waals surface area contributed by atoms with Crippen LogP contribution in [0.3, 0.4) is 0 Å². The third-order valence-corrected chi connectivity index (χ3v) is 6.62. The van der Waals surface area contributed by atoms with E-state index in [1.165, 1.54) is 18.8 Å². The standard InChI is InChI=1S/C20H26N2O4S2/c1-15-5-7-17(8-6-15)26-14-16(2)21-20(23)13-22(3)28(24,25)19-11-9-18(27-4)10-12-19/h5-12,16H,13-14H2,1-4H3,(H,21,23)/t16-/m0/s1. The van der Waals surface area contributed by atoms with Crippen molar-refractivity contribution in [1.82, 2.24) is 9.62 Å². The normalized spacial score (nSPS) is 12.6. The highest BCUT2D eigenvalue weighted by molar-refractivity contribution is 7.98. The molecular formula is C20H26N2O4S2. The average Bonchev–Trinajstić information content (AvgIpc) is 2.67. The van der Waals surface area contributed by atoms with E-state index in [4.69, 9.17) is 4.74 Å². The summed E-state index contributed by atoms with van der Waals surface area (Å²) in [6.07, 6.45) is 1.92. The van der Waals surface area contributed by atoms with E-state index in [1.54, 1.807) is 24.3 Å². The summed E-state index contributed by atoms with van der Waals surface area (Å²) < 4.78 is 31.9. The van der Waals surface area contributed by atoms with Crippen LogP contribution in [0.2, 0.25) is 0 Å². The Balaban J connectivity index is 1.87. The quantitative estimate of drug-likeness (QED) is 0.629. The lowest BCUT2D eigenvalue weighted by Crippen LogP contribution is -2.43. The number of thioether (sulfide) groups is 1. The lowest BCUT2D eigenvalue weighted by molar-refractivity contribution is -0.121. The minimum atomic E-state index is -3.72. The number of rotatable bonds is 9. The summed E-state index contributed by atoms with van der Waals surface area (Å²) in [5.74, 6) is 0.340. The molecule has 0 heterocycles. The van der Waals surface area contributed by atoms with Crippen LogP contribution in [0.5, 0.6) is 5.75 Å². The second-order valence-electron chi connectivity index (χ2n) is 6.53. The maximum absolute atomic E-state index is 12.6. The van der Waals surface area contributed by atoms with E-state index < -0.39 is 10.0 Å². The summed E-state index contributed by atoms with van der Waals surface area (Å²) in [6, 6.07) is 14.0. The van der Waals surface area contributed by atoms with Crippen molar-refractivity contribution in [3.63, 3.8) is 0 Å². The molecule has 0 aliphatic carbocycles. The van der Waals surface area contributed by atoms with Gasteiger partial charge in [0, 0.05) is 11.9 Å². The van der Waals surface area contributed by atoms with Crippen molar-refractivity contribution in [3.05, 3.63) is 54.1 Å². The highest BCUT2D eigenvalue weighted by Crippen LogP contribution is 2.19. The fourth-order valence-corrected chi connectivity index (χ4v) is 3.97. The Morgan fingerprint density at radius 1 is 1.14 bits per heavy atom. The van der Waals surface area contributed by atoms with Gasteiger partial charge in [0.25, 0.3) is 0 Å². The number of carbonyl (C=O) groups is 1. The number of carbonyl (C=O) groups excluding carboxylic acids is 1. The molecule has 1 atom stereocenters. The van der Waals surface area contributed by atoms with E-state index in [9.17, 15) is 13.2 Å². The Morgan fingerprint density at radius 2 is 1.75 bits per heavy atom. The first-order valence-electron chi connectivity index (χ1n) is 8.81. The van der Waals surface area contributed by atoms with E-state index in [-0.39, 0.29) is 23.4 Å². The van der Waals surface area contributed by atoms with E-state index in [0.29, 0.717) is 6.61 Å². The molecule has 0 aromatic heterocycles. The van der Waals surface area contributed by atoms with Crippen molar-refractivity contribution in [2.45, 2.75) is 29.7 Å². The maximum Gasteiger partial charge on any atom is 0.243 e. The zero-order valence-corrected chi connectivity index (χ0v) is 18.1. The Bertz CT molecular complexity index is 881. The highest BCUT2D eigenvalue weighted by atomic mass is 32.2. The number of sulfonamides is 1. The van der Waals surface area contributed by atoms with E-state index in [2.05, 4.69) is 5.32 Å². The van der Waals surface area contributed by atoms with Gasteiger partial charge in [-0.3, -0.25) is 4.79 Å². The summed E-state index contributed by atoms with van der Waals surface area (Å²) in [7, 11) is -2.33. The molecular weight excluding hydrogens is 396 g/mol. The predicted molar refractivity (Wildman–Crippen MR) is 112 cm³/mol. The molecule has 2 aromatic rings. The van der Waals surface area contributed by atoms with Crippen LogP contribution in [0.1, 0.15) is 12.5 Å². The number of nitrogens with zero attached hydrogens (tertiary/aromatic N) is 1. The summed E-state index contributed by atoms with van der Waals surface area (Å²) in [5, 5.41) is 2.76. The molecule has 0 aliphatic rings. The van der Waals surface area contributed by atoms with Crippen LogP contribution in [-0.2, 0) is 14.8 Å². The first-order valence-corrected chi connectivity index (χ1v) is 11.5. The number of amides is 1. The van der Waals surface area contributed by atoms with Gasteiger partial charge in [0.05, 0.1) is 17.5 Å². The molecule has 8 heteroatoms. The topological polar surface area (TPSA) is 75.7 Å². The van der Waals surface area contributed by atoms with Crippen molar-refractivity contribution in [1.29, 1.82) is 0 Å². The van der Waals surface area contributed by atoms with Gasteiger partial charge < -0.3 is 10.1 Å². The third kappa shape index (κ3) is 6.25. The van der Waals surface area contributed by atoms with Crippen molar-refractivity contribution >= 4 is 27.7 Å². The van der Waals surface area contributed by atoms with Gasteiger partial charge in [0.2, 0.25) is 15.9 Å². The largest absolute Gasteiger partial charge is 0.491 e. The van der Waals surface area contributed by atoms with Crippen molar-refractivity contribution < 1.29 is 17.9 Å². The molecule has 1 N–H and O–H groups in total. The van der Waals surface area contributed by atoms with Gasteiger partial charge in [-0.15, -0.1) is 11.8 Å². The van der Waals surface area contributed by atoms with Gasteiger partial charge in [0.1, 0.15) is 12.4 Å². The molecule has 0 spiro atoms. The number of likely N-dealkylation sites (N-methyl/N-ethyl adjacent to an activating group) is 1. The van der Waals surface area contributed by atoms with Gasteiger partial charge in [0.15, 0.2) is 0 Å². The maximum atomic E-state index is 12.6. The summed E-state index contributed by atoms with van der Waals surface area (Å²) >= 11 is 1.53. The van der Waals surface area contributed by atoms with Crippen molar-refractivity contribution in [3.8, 4) is 5.75 Å². The van der Waals surface area contributed by atoms with Crippen LogP contribution in [0.15, 0.2) is 58.3 Å². The van der Waals surface area contributed by atoms with Crippen LogP contribution in [-0.4, -0.2) is 51.1 Å². The molecule has 152 valence electrons. The summed E-state index contributed by atoms with van der Waals surface area (Å²) in [4.78, 5) is 13.4. The van der Waals surface area contributed by atoms with Crippen LogP contribution in [0.4, 0.5) is 0 Å². The van der Waals surface area contributed by atoms with Crippen LogP contribution < -0.4 is 10.1 Å². The Kier molecular flexibility index (Phi) is 7.91. The Labute approximate surface area is 171 Å². The first-order chi connectivity index (χ1) is 13.2. The third-order valence-electron chi connectivity index (χ3n) is 4.06. The van der Waals surface area contributed by atoms with Crippen LogP contribution >= 0.6 is 11.8 Å². The van der Waals surface area contributed by atoms with Crippen LogP contribution in [0, 0.1) is 6.92 Å². The molecule has 1 amide bonds. The SMILES string of the molecule is CSc1ccc(S(=O)(=O)N(C)CC(=O)N[C@@H](C)COc2ccc(C)cc2)cc1. The number of ether oxygens (including phenoxy) is 1. The number of nitrogens with one attached hydrogen (secondary N) is 1. The van der Waals surface area contributed by atoms with Gasteiger partial charge in [-0.25, -0.2) is 8.42 Å². The fraction of sp³-hybridized carbons (Fsp3) is 0.350. The number of aryl methyl sites for hydroxylation is 1. The second kappa shape index (κ2) is 9.95. The molecule has 0 saturated heterocycles. The molecule has 28 heavy (non-hydrogen) atoms. The minimum absolute atomic E-state index is 0.163. The van der Waals surface area contributed by atoms with Crippen LogP contribution in [0.25, 0.3) is 0 Å². The Hall–Kier alpha value is -2.03. The highest BCUT2D eigenvalue weighted by Gasteiger charge is 2.23. The zero-order chi connectivity index (χ0) is 20.7. The lowest BCUT2D eigenvalue weighted by Gasteiger charge is -2.19. The van der Waals surface area contributed by atoms with Gasteiger partial charge in [-0.1, -0.05) is 17.7 Å². The number of hydrogen-bond acceptors (Lipinski definition) is 5. The molecule has 0 fully saturated rings. The second-order valence-corrected chi connectivity index (χ2v) is 9.45. The predicted octanol–water partition coefficient (Wildman–Crippen LogP) is 2.92. The molecule has 0 saturated carbocycles. The first kappa shape index (κ1) is 22.3. The van der Waals surface area contributed by atoms with Gasteiger partial charge in [-0.05, 0) is 56.5 Å². The lowest BCUT2D eigenvalue weighted by atomic mass is 10.2. The fourth-order valence-electron chi connectivity index (χ4n) is 2.43. The molecule has 0 bridgehead atoms.